The number of rotatable bonds is 4. The third-order valence-corrected chi connectivity index (χ3v) is 2.93. The first-order valence-corrected chi connectivity index (χ1v) is 5.49. The van der Waals surface area contributed by atoms with Gasteiger partial charge in [0.1, 0.15) is 5.82 Å². The van der Waals surface area contributed by atoms with E-state index >= 15 is 0 Å². The number of hydrogen-bond donors (Lipinski definition) is 1. The Bertz CT molecular complexity index is 378. The molecule has 0 spiro atoms. The summed E-state index contributed by atoms with van der Waals surface area (Å²) >= 11 is 1.72. The van der Waals surface area contributed by atoms with E-state index in [2.05, 4.69) is 32.4 Å². The predicted octanol–water partition coefficient (Wildman–Crippen LogP) is 1.83. The molecule has 0 saturated heterocycles. The summed E-state index contributed by atoms with van der Waals surface area (Å²) in [5.41, 5.74) is 0. The van der Waals surface area contributed by atoms with Crippen LogP contribution < -0.4 is 5.32 Å². The minimum atomic E-state index is 0.962. The molecule has 2 aromatic rings. The van der Waals surface area contributed by atoms with E-state index in [4.69, 9.17) is 0 Å². The van der Waals surface area contributed by atoms with Crippen molar-refractivity contribution in [3.05, 3.63) is 29.9 Å². The van der Waals surface area contributed by atoms with Crippen LogP contribution in [-0.4, -0.2) is 23.1 Å². The summed E-state index contributed by atoms with van der Waals surface area (Å²) in [7, 11) is 1.96. The van der Waals surface area contributed by atoms with Gasteiger partial charge in [-0.15, -0.1) is 11.3 Å². The third kappa shape index (κ3) is 1.86. The van der Waals surface area contributed by atoms with Crippen LogP contribution in [0, 0.1) is 0 Å². The minimum absolute atomic E-state index is 0.962. The number of nitrogens with zero attached hydrogens (tertiary/aromatic N) is 2. The van der Waals surface area contributed by atoms with E-state index < -0.39 is 0 Å². The van der Waals surface area contributed by atoms with Crippen LogP contribution in [0.4, 0.5) is 0 Å². The number of nitrogens with one attached hydrogen (secondary N) is 1. The highest BCUT2D eigenvalue weighted by Gasteiger charge is 2.05. The van der Waals surface area contributed by atoms with Crippen molar-refractivity contribution in [1.82, 2.24) is 14.9 Å². The number of thiophene rings is 1. The van der Waals surface area contributed by atoms with Crippen LogP contribution in [0.5, 0.6) is 0 Å². The zero-order valence-electron chi connectivity index (χ0n) is 8.10. The highest BCUT2D eigenvalue weighted by atomic mass is 32.1. The molecule has 0 unspecified atom stereocenters. The van der Waals surface area contributed by atoms with Gasteiger partial charge in [0.25, 0.3) is 0 Å². The van der Waals surface area contributed by atoms with Crippen LogP contribution in [0.2, 0.25) is 0 Å². The summed E-state index contributed by atoms with van der Waals surface area (Å²) in [6, 6.07) is 4.15. The molecule has 0 aromatic carbocycles. The van der Waals surface area contributed by atoms with Crippen LogP contribution >= 0.6 is 11.3 Å². The van der Waals surface area contributed by atoms with Crippen molar-refractivity contribution >= 4 is 11.3 Å². The zero-order valence-corrected chi connectivity index (χ0v) is 8.92. The SMILES string of the molecule is CNCCn1ccnc1-c1cccs1. The maximum Gasteiger partial charge on any atom is 0.150 e. The number of aromatic nitrogens is 2. The number of likely N-dealkylation sites (N-methyl/N-ethyl adjacent to an activating group) is 1. The Hall–Kier alpha value is -1.13. The van der Waals surface area contributed by atoms with Crippen LogP contribution in [0.1, 0.15) is 0 Å². The third-order valence-electron chi connectivity index (χ3n) is 2.06. The van der Waals surface area contributed by atoms with Gasteiger partial charge in [-0.05, 0) is 18.5 Å². The zero-order chi connectivity index (χ0) is 9.80. The van der Waals surface area contributed by atoms with Crippen molar-refractivity contribution < 1.29 is 0 Å². The standard InChI is InChI=1S/C10H13N3S/c1-11-4-6-13-7-5-12-10(13)9-3-2-8-14-9/h2-3,5,7-8,11H,4,6H2,1H3. The number of hydrogen-bond acceptors (Lipinski definition) is 3. The second kappa shape index (κ2) is 4.39. The van der Waals surface area contributed by atoms with Crippen molar-refractivity contribution in [2.24, 2.45) is 0 Å². The van der Waals surface area contributed by atoms with E-state index in [9.17, 15) is 0 Å². The maximum absolute atomic E-state index is 4.36. The summed E-state index contributed by atoms with van der Waals surface area (Å²) in [4.78, 5) is 5.59. The predicted molar refractivity (Wildman–Crippen MR) is 59.5 cm³/mol. The van der Waals surface area contributed by atoms with E-state index in [1.807, 2.05) is 19.4 Å². The summed E-state index contributed by atoms with van der Waals surface area (Å²) < 4.78 is 2.17. The van der Waals surface area contributed by atoms with E-state index in [1.165, 1.54) is 4.88 Å². The highest BCUT2D eigenvalue weighted by molar-refractivity contribution is 7.13. The molecule has 2 aromatic heterocycles. The van der Waals surface area contributed by atoms with Crippen LogP contribution in [0.3, 0.4) is 0 Å². The van der Waals surface area contributed by atoms with Gasteiger partial charge in [0, 0.05) is 25.5 Å². The summed E-state index contributed by atoms with van der Waals surface area (Å²) in [5, 5.41) is 5.21. The van der Waals surface area contributed by atoms with Gasteiger partial charge in [0.2, 0.25) is 0 Å². The summed E-state index contributed by atoms with van der Waals surface area (Å²) in [6.45, 7) is 1.93. The Labute approximate surface area is 87.4 Å². The van der Waals surface area contributed by atoms with Gasteiger partial charge < -0.3 is 9.88 Å². The summed E-state index contributed by atoms with van der Waals surface area (Å²) in [5.74, 6) is 1.07. The van der Waals surface area contributed by atoms with E-state index in [1.54, 1.807) is 11.3 Å². The Morgan fingerprint density at radius 3 is 3.21 bits per heavy atom. The molecule has 0 aliphatic heterocycles. The maximum atomic E-state index is 4.36. The molecule has 0 atom stereocenters. The van der Waals surface area contributed by atoms with Crippen molar-refractivity contribution in [3.8, 4) is 10.7 Å². The van der Waals surface area contributed by atoms with Gasteiger partial charge in [-0.1, -0.05) is 6.07 Å². The Kier molecular flexibility index (Phi) is 2.96. The van der Waals surface area contributed by atoms with Gasteiger partial charge >= 0.3 is 0 Å². The fourth-order valence-electron chi connectivity index (χ4n) is 1.35. The normalized spacial score (nSPS) is 10.6. The molecule has 0 radical (unpaired) electrons. The van der Waals surface area contributed by atoms with Gasteiger partial charge in [0.05, 0.1) is 4.88 Å². The first kappa shape index (κ1) is 9.43. The molecule has 0 saturated carbocycles. The molecule has 3 nitrogen and oxygen atoms in total. The molecular weight excluding hydrogens is 194 g/mol. The van der Waals surface area contributed by atoms with Crippen LogP contribution in [0.15, 0.2) is 29.9 Å². The molecule has 0 bridgehead atoms. The van der Waals surface area contributed by atoms with Crippen molar-refractivity contribution in [2.75, 3.05) is 13.6 Å². The molecule has 2 heterocycles. The quantitative estimate of drug-likeness (QED) is 0.829. The molecule has 0 aliphatic rings. The van der Waals surface area contributed by atoms with E-state index in [-0.39, 0.29) is 0 Å². The molecule has 1 N–H and O–H groups in total. The van der Waals surface area contributed by atoms with E-state index in [0.717, 1.165) is 18.9 Å². The van der Waals surface area contributed by atoms with Gasteiger partial charge in [-0.3, -0.25) is 0 Å². The lowest BCUT2D eigenvalue weighted by molar-refractivity contribution is 0.650. The molecule has 74 valence electrons. The monoisotopic (exact) mass is 207 g/mol. The Morgan fingerprint density at radius 1 is 1.57 bits per heavy atom. The smallest absolute Gasteiger partial charge is 0.150 e. The van der Waals surface area contributed by atoms with Crippen LogP contribution in [-0.2, 0) is 6.54 Å². The molecule has 2 rings (SSSR count). The molecule has 14 heavy (non-hydrogen) atoms. The average Bonchev–Trinajstić information content (AvgIpc) is 2.84. The second-order valence-electron chi connectivity index (χ2n) is 3.03. The first-order chi connectivity index (χ1) is 6.92. The fraction of sp³-hybridized carbons (Fsp3) is 0.300. The van der Waals surface area contributed by atoms with Gasteiger partial charge in [0.15, 0.2) is 0 Å². The molecule has 0 amide bonds. The van der Waals surface area contributed by atoms with Gasteiger partial charge in [-0.2, -0.15) is 0 Å². The van der Waals surface area contributed by atoms with Crippen molar-refractivity contribution in [2.45, 2.75) is 6.54 Å². The van der Waals surface area contributed by atoms with Crippen molar-refractivity contribution in [3.63, 3.8) is 0 Å². The summed E-state index contributed by atoms with van der Waals surface area (Å²) in [6.07, 6.45) is 3.87. The fourth-order valence-corrected chi connectivity index (χ4v) is 2.09. The highest BCUT2D eigenvalue weighted by Crippen LogP contribution is 2.22. The molecular formula is C10H13N3S. The molecule has 4 heteroatoms. The minimum Gasteiger partial charge on any atom is -0.329 e. The second-order valence-corrected chi connectivity index (χ2v) is 3.97. The first-order valence-electron chi connectivity index (χ1n) is 4.61. The molecule has 0 fully saturated rings. The lowest BCUT2D eigenvalue weighted by Crippen LogP contribution is -2.14. The van der Waals surface area contributed by atoms with E-state index in [0.29, 0.717) is 0 Å². The Balaban J connectivity index is 2.22. The number of imidazole rings is 1. The van der Waals surface area contributed by atoms with Crippen molar-refractivity contribution in [1.29, 1.82) is 0 Å². The lowest BCUT2D eigenvalue weighted by Gasteiger charge is -2.05. The Morgan fingerprint density at radius 2 is 2.50 bits per heavy atom. The largest absolute Gasteiger partial charge is 0.329 e. The topological polar surface area (TPSA) is 29.9 Å². The van der Waals surface area contributed by atoms with Gasteiger partial charge in [-0.25, -0.2) is 4.98 Å². The molecule has 0 aliphatic carbocycles. The van der Waals surface area contributed by atoms with Crippen LogP contribution in [0.25, 0.3) is 10.7 Å². The average molecular weight is 207 g/mol. The lowest BCUT2D eigenvalue weighted by atomic mass is 10.4.